The normalized spacial score (nSPS) is 13.9. The highest BCUT2D eigenvalue weighted by Crippen LogP contribution is 2.28. The average molecular weight is 339 g/mol. The van der Waals surface area contributed by atoms with E-state index < -0.39 is 26.7 Å². The summed E-state index contributed by atoms with van der Waals surface area (Å²) in [4.78, 5) is 11.7. The van der Waals surface area contributed by atoms with Gasteiger partial charge in [0.15, 0.2) is 15.1 Å². The molecule has 0 fully saturated rings. The van der Waals surface area contributed by atoms with Gasteiger partial charge in [0.1, 0.15) is 5.60 Å². The van der Waals surface area contributed by atoms with Gasteiger partial charge in [-0.2, -0.15) is 0 Å². The van der Waals surface area contributed by atoms with Crippen LogP contribution in [0.4, 0.5) is 0 Å². The van der Waals surface area contributed by atoms with E-state index in [4.69, 9.17) is 27.9 Å². The molecular formula is C13H16Cl2O4S. The van der Waals surface area contributed by atoms with Gasteiger partial charge in [-0.15, -0.1) is 0 Å². The lowest BCUT2D eigenvalue weighted by molar-refractivity contribution is -0.153. The first-order valence-corrected chi connectivity index (χ1v) is 8.17. The van der Waals surface area contributed by atoms with Crippen LogP contribution < -0.4 is 0 Å². The molecule has 1 unspecified atom stereocenters. The maximum absolute atomic E-state index is 12.4. The van der Waals surface area contributed by atoms with Crippen LogP contribution in [0.3, 0.4) is 0 Å². The first-order valence-electron chi connectivity index (χ1n) is 5.87. The lowest BCUT2D eigenvalue weighted by Crippen LogP contribution is -2.35. The van der Waals surface area contributed by atoms with Crippen LogP contribution in [0.5, 0.6) is 0 Å². The highest BCUT2D eigenvalue weighted by Gasteiger charge is 2.34. The predicted molar refractivity (Wildman–Crippen MR) is 79.0 cm³/mol. The van der Waals surface area contributed by atoms with Crippen molar-refractivity contribution < 1.29 is 17.9 Å². The molecular weight excluding hydrogens is 323 g/mol. The molecule has 0 aromatic heterocycles. The second-order valence-electron chi connectivity index (χ2n) is 5.30. The number of sulfone groups is 1. The number of hydrogen-bond donors (Lipinski definition) is 0. The zero-order chi connectivity index (χ0) is 15.7. The van der Waals surface area contributed by atoms with Gasteiger partial charge in [-0.25, -0.2) is 8.42 Å². The van der Waals surface area contributed by atoms with E-state index in [1.165, 1.54) is 25.1 Å². The van der Waals surface area contributed by atoms with E-state index in [2.05, 4.69) is 0 Å². The monoisotopic (exact) mass is 338 g/mol. The number of esters is 1. The topological polar surface area (TPSA) is 60.4 Å². The van der Waals surface area contributed by atoms with E-state index in [1.807, 2.05) is 0 Å². The fourth-order valence-corrected chi connectivity index (χ4v) is 3.39. The molecule has 1 rings (SSSR count). The molecule has 0 radical (unpaired) electrons. The van der Waals surface area contributed by atoms with Crippen molar-refractivity contribution in [2.75, 3.05) is 0 Å². The van der Waals surface area contributed by atoms with Gasteiger partial charge in [0.2, 0.25) is 0 Å². The molecule has 0 saturated carbocycles. The SMILES string of the molecule is CC(C(=O)OC(C)(C)C)S(=O)(=O)c1cc(Cl)ccc1Cl. The first kappa shape index (κ1) is 17.3. The Morgan fingerprint density at radius 3 is 2.30 bits per heavy atom. The number of carbonyl (C=O) groups is 1. The summed E-state index contributed by atoms with van der Waals surface area (Å²) in [5, 5.41) is -1.12. The van der Waals surface area contributed by atoms with Gasteiger partial charge < -0.3 is 4.74 Å². The molecule has 0 spiro atoms. The summed E-state index contributed by atoms with van der Waals surface area (Å²) in [6, 6.07) is 4.07. The van der Waals surface area contributed by atoms with Gasteiger partial charge in [0.25, 0.3) is 0 Å². The summed E-state index contributed by atoms with van der Waals surface area (Å²) in [5.41, 5.74) is -0.765. The zero-order valence-electron chi connectivity index (χ0n) is 11.6. The minimum absolute atomic E-state index is 0.0183. The summed E-state index contributed by atoms with van der Waals surface area (Å²) in [5.74, 6) is -0.825. The van der Waals surface area contributed by atoms with Crippen LogP contribution >= 0.6 is 23.2 Å². The molecule has 0 aliphatic heterocycles. The van der Waals surface area contributed by atoms with Crippen molar-refractivity contribution in [2.24, 2.45) is 0 Å². The number of halogens is 2. The smallest absolute Gasteiger partial charge is 0.324 e. The predicted octanol–water partition coefficient (Wildman–Crippen LogP) is 3.50. The van der Waals surface area contributed by atoms with Crippen LogP contribution in [0.25, 0.3) is 0 Å². The molecule has 0 N–H and O–H groups in total. The van der Waals surface area contributed by atoms with E-state index in [1.54, 1.807) is 20.8 Å². The van der Waals surface area contributed by atoms with E-state index in [-0.39, 0.29) is 14.9 Å². The second kappa shape index (κ2) is 5.92. The summed E-state index contributed by atoms with van der Waals surface area (Å²) < 4.78 is 29.9. The lowest BCUT2D eigenvalue weighted by Gasteiger charge is -2.22. The van der Waals surface area contributed by atoms with Gasteiger partial charge in [-0.1, -0.05) is 23.2 Å². The van der Waals surface area contributed by atoms with E-state index in [9.17, 15) is 13.2 Å². The summed E-state index contributed by atoms with van der Waals surface area (Å²) in [7, 11) is -3.95. The molecule has 0 aliphatic rings. The van der Waals surface area contributed by atoms with Crippen molar-refractivity contribution in [3.63, 3.8) is 0 Å². The summed E-state index contributed by atoms with van der Waals surface area (Å²) in [6.45, 7) is 6.25. The van der Waals surface area contributed by atoms with Gasteiger partial charge in [0.05, 0.1) is 9.92 Å². The largest absolute Gasteiger partial charge is 0.459 e. The van der Waals surface area contributed by atoms with Crippen molar-refractivity contribution in [1.82, 2.24) is 0 Å². The average Bonchev–Trinajstić information content (AvgIpc) is 2.28. The number of benzene rings is 1. The van der Waals surface area contributed by atoms with Crippen LogP contribution in [0, 0.1) is 0 Å². The highest BCUT2D eigenvalue weighted by molar-refractivity contribution is 7.92. The van der Waals surface area contributed by atoms with Crippen LogP contribution in [0.2, 0.25) is 10.0 Å². The molecule has 20 heavy (non-hydrogen) atoms. The molecule has 1 atom stereocenters. The lowest BCUT2D eigenvalue weighted by atomic mass is 10.2. The fraction of sp³-hybridized carbons (Fsp3) is 0.462. The maximum Gasteiger partial charge on any atom is 0.324 e. The second-order valence-corrected chi connectivity index (χ2v) is 8.38. The molecule has 0 heterocycles. The van der Waals surface area contributed by atoms with Gasteiger partial charge >= 0.3 is 5.97 Å². The molecule has 112 valence electrons. The molecule has 0 saturated heterocycles. The Hall–Kier alpha value is -0.780. The summed E-state index contributed by atoms with van der Waals surface area (Å²) in [6.07, 6.45) is 0. The molecule has 7 heteroatoms. The van der Waals surface area contributed by atoms with E-state index in [0.717, 1.165) is 0 Å². The fourth-order valence-electron chi connectivity index (χ4n) is 1.40. The molecule has 0 amide bonds. The number of rotatable bonds is 3. The molecule has 0 aliphatic carbocycles. The number of ether oxygens (including phenoxy) is 1. The minimum Gasteiger partial charge on any atom is -0.459 e. The molecule has 4 nitrogen and oxygen atoms in total. The van der Waals surface area contributed by atoms with Crippen molar-refractivity contribution in [3.8, 4) is 0 Å². The Balaban J connectivity index is 3.16. The Bertz CT molecular complexity index is 618. The van der Waals surface area contributed by atoms with Crippen molar-refractivity contribution in [3.05, 3.63) is 28.2 Å². The third kappa shape index (κ3) is 4.11. The zero-order valence-corrected chi connectivity index (χ0v) is 13.9. The Morgan fingerprint density at radius 1 is 1.25 bits per heavy atom. The van der Waals surface area contributed by atoms with Crippen molar-refractivity contribution >= 4 is 39.0 Å². The maximum atomic E-state index is 12.4. The third-order valence-corrected chi connectivity index (χ3v) is 5.15. The Kier molecular flexibility index (Phi) is 5.11. The molecule has 0 bridgehead atoms. The highest BCUT2D eigenvalue weighted by atomic mass is 35.5. The Labute approximate surface area is 128 Å². The number of hydrogen-bond acceptors (Lipinski definition) is 4. The van der Waals surface area contributed by atoms with Crippen LogP contribution in [-0.4, -0.2) is 25.2 Å². The van der Waals surface area contributed by atoms with Gasteiger partial charge in [0, 0.05) is 5.02 Å². The Morgan fingerprint density at radius 2 is 1.80 bits per heavy atom. The quantitative estimate of drug-likeness (QED) is 0.791. The molecule has 1 aromatic carbocycles. The standard InChI is InChI=1S/C13H16Cl2O4S/c1-8(12(16)19-13(2,3)4)20(17,18)11-7-9(14)5-6-10(11)15/h5-8H,1-4H3. The van der Waals surface area contributed by atoms with Gasteiger partial charge in [-0.05, 0) is 45.9 Å². The van der Waals surface area contributed by atoms with Crippen LogP contribution in [0.15, 0.2) is 23.1 Å². The first-order chi connectivity index (χ1) is 8.95. The van der Waals surface area contributed by atoms with Gasteiger partial charge in [-0.3, -0.25) is 4.79 Å². The van der Waals surface area contributed by atoms with E-state index in [0.29, 0.717) is 0 Å². The minimum atomic E-state index is -3.95. The summed E-state index contributed by atoms with van der Waals surface area (Å²) >= 11 is 11.6. The number of carbonyl (C=O) groups excluding carboxylic acids is 1. The van der Waals surface area contributed by atoms with Crippen molar-refractivity contribution in [2.45, 2.75) is 43.4 Å². The van der Waals surface area contributed by atoms with Crippen LogP contribution in [0.1, 0.15) is 27.7 Å². The third-order valence-electron chi connectivity index (χ3n) is 2.40. The van der Waals surface area contributed by atoms with Crippen molar-refractivity contribution in [1.29, 1.82) is 0 Å². The van der Waals surface area contributed by atoms with E-state index >= 15 is 0 Å². The molecule has 1 aromatic rings. The van der Waals surface area contributed by atoms with Crippen LogP contribution in [-0.2, 0) is 19.4 Å².